The molecule has 0 amide bonds. The summed E-state index contributed by atoms with van der Waals surface area (Å²) in [4.78, 5) is 6.11. The van der Waals surface area contributed by atoms with Gasteiger partial charge in [-0.05, 0) is 12.1 Å². The first kappa shape index (κ1) is 11.7. The molecule has 0 aromatic carbocycles. The highest BCUT2D eigenvalue weighted by molar-refractivity contribution is 5.44. The zero-order valence-corrected chi connectivity index (χ0v) is 8.89. The van der Waals surface area contributed by atoms with Crippen LogP contribution in [0.15, 0.2) is 18.2 Å². The number of ether oxygens (including phenoxy) is 1. The van der Waals surface area contributed by atoms with Gasteiger partial charge in [-0.1, -0.05) is 6.07 Å². The molecule has 84 valence electrons. The quantitative estimate of drug-likeness (QED) is 0.698. The number of nitrogen functional groups attached to an aromatic ring is 1. The van der Waals surface area contributed by atoms with E-state index in [0.29, 0.717) is 25.5 Å². The molecule has 0 bridgehead atoms. The average molecular weight is 211 g/mol. The van der Waals surface area contributed by atoms with E-state index in [1.807, 2.05) is 17.0 Å². The molecule has 1 aromatic rings. The van der Waals surface area contributed by atoms with E-state index in [1.54, 1.807) is 13.2 Å². The number of pyridine rings is 1. The Morgan fingerprint density at radius 1 is 1.47 bits per heavy atom. The van der Waals surface area contributed by atoms with E-state index < -0.39 is 0 Å². The number of nitrogens with two attached hydrogens (primary N) is 1. The Hall–Kier alpha value is -1.33. The molecule has 1 rings (SSSR count). The van der Waals surface area contributed by atoms with E-state index in [1.165, 1.54) is 0 Å². The summed E-state index contributed by atoms with van der Waals surface area (Å²) in [7, 11) is 1.64. The Morgan fingerprint density at radius 2 is 2.27 bits per heavy atom. The van der Waals surface area contributed by atoms with Gasteiger partial charge in [0.15, 0.2) is 0 Å². The van der Waals surface area contributed by atoms with Crippen LogP contribution in [0.1, 0.15) is 0 Å². The van der Waals surface area contributed by atoms with Crippen LogP contribution in [0.5, 0.6) is 0 Å². The Bertz CT molecular complexity index is 294. The molecule has 0 saturated heterocycles. The van der Waals surface area contributed by atoms with Crippen molar-refractivity contribution in [3.8, 4) is 0 Å². The number of methoxy groups -OCH3 is 1. The SMILES string of the molecule is COCCN(CCO)c1cccc(N)n1. The monoisotopic (exact) mass is 211 g/mol. The lowest BCUT2D eigenvalue weighted by Crippen LogP contribution is -2.30. The van der Waals surface area contributed by atoms with Crippen LogP contribution in [-0.4, -0.2) is 43.5 Å². The average Bonchev–Trinajstić information content (AvgIpc) is 2.24. The molecule has 5 nitrogen and oxygen atoms in total. The number of hydrogen-bond donors (Lipinski definition) is 2. The molecule has 15 heavy (non-hydrogen) atoms. The summed E-state index contributed by atoms with van der Waals surface area (Å²) in [5.74, 6) is 1.24. The van der Waals surface area contributed by atoms with E-state index in [0.717, 1.165) is 5.82 Å². The van der Waals surface area contributed by atoms with Gasteiger partial charge >= 0.3 is 0 Å². The summed E-state index contributed by atoms with van der Waals surface area (Å²) in [5.41, 5.74) is 5.59. The number of nitrogens with zero attached hydrogens (tertiary/aromatic N) is 2. The topological polar surface area (TPSA) is 71.6 Å². The smallest absolute Gasteiger partial charge is 0.131 e. The summed E-state index contributed by atoms with van der Waals surface area (Å²) in [6.07, 6.45) is 0. The fraction of sp³-hybridized carbons (Fsp3) is 0.500. The van der Waals surface area contributed by atoms with Gasteiger partial charge in [-0.2, -0.15) is 0 Å². The summed E-state index contributed by atoms with van der Waals surface area (Å²) >= 11 is 0. The van der Waals surface area contributed by atoms with Crippen molar-refractivity contribution in [1.29, 1.82) is 0 Å². The molecular weight excluding hydrogens is 194 g/mol. The summed E-state index contributed by atoms with van der Waals surface area (Å²) in [6, 6.07) is 5.44. The lowest BCUT2D eigenvalue weighted by molar-refractivity contribution is 0.202. The van der Waals surface area contributed by atoms with Crippen molar-refractivity contribution in [2.24, 2.45) is 0 Å². The minimum atomic E-state index is 0.0835. The van der Waals surface area contributed by atoms with E-state index >= 15 is 0 Å². The van der Waals surface area contributed by atoms with Crippen LogP contribution in [-0.2, 0) is 4.74 Å². The molecule has 0 unspecified atom stereocenters. The van der Waals surface area contributed by atoms with Gasteiger partial charge in [0.05, 0.1) is 13.2 Å². The second kappa shape index (κ2) is 6.21. The maximum atomic E-state index is 8.93. The number of aliphatic hydroxyl groups is 1. The number of hydrogen-bond acceptors (Lipinski definition) is 5. The minimum Gasteiger partial charge on any atom is -0.395 e. The van der Waals surface area contributed by atoms with Crippen LogP contribution in [0.3, 0.4) is 0 Å². The normalized spacial score (nSPS) is 10.3. The van der Waals surface area contributed by atoms with Crippen molar-refractivity contribution in [3.63, 3.8) is 0 Å². The van der Waals surface area contributed by atoms with E-state index in [4.69, 9.17) is 15.6 Å². The predicted octanol–water partition coefficient (Wildman–Crippen LogP) is 0.109. The van der Waals surface area contributed by atoms with Crippen LogP contribution in [0.25, 0.3) is 0 Å². The molecule has 0 aliphatic carbocycles. The Kier molecular flexibility index (Phi) is 4.86. The molecule has 3 N–H and O–H groups in total. The van der Waals surface area contributed by atoms with Gasteiger partial charge < -0.3 is 20.5 Å². The third-order valence-corrected chi connectivity index (χ3v) is 2.02. The molecule has 1 aromatic heterocycles. The van der Waals surface area contributed by atoms with Gasteiger partial charge in [0.1, 0.15) is 11.6 Å². The van der Waals surface area contributed by atoms with Crippen LogP contribution >= 0.6 is 0 Å². The fourth-order valence-electron chi connectivity index (χ4n) is 1.28. The van der Waals surface area contributed by atoms with Crippen molar-refractivity contribution in [1.82, 2.24) is 4.98 Å². The predicted molar refractivity (Wildman–Crippen MR) is 59.8 cm³/mol. The Labute approximate surface area is 89.5 Å². The van der Waals surface area contributed by atoms with Gasteiger partial charge in [0.25, 0.3) is 0 Å². The van der Waals surface area contributed by atoms with E-state index in [9.17, 15) is 0 Å². The van der Waals surface area contributed by atoms with Crippen LogP contribution in [0.4, 0.5) is 11.6 Å². The standard InChI is InChI=1S/C10H17N3O2/c1-15-8-6-13(5-7-14)10-4-2-3-9(11)12-10/h2-4,14H,5-8H2,1H3,(H2,11,12). The lowest BCUT2D eigenvalue weighted by Gasteiger charge is -2.22. The summed E-state index contributed by atoms with van der Waals surface area (Å²) in [5, 5.41) is 8.93. The third kappa shape index (κ3) is 3.73. The Balaban J connectivity index is 2.69. The zero-order chi connectivity index (χ0) is 11.1. The van der Waals surface area contributed by atoms with Crippen molar-refractivity contribution in [2.45, 2.75) is 0 Å². The second-order valence-electron chi connectivity index (χ2n) is 3.12. The molecule has 0 radical (unpaired) electrons. The van der Waals surface area contributed by atoms with Gasteiger partial charge in [-0.15, -0.1) is 0 Å². The maximum Gasteiger partial charge on any atom is 0.131 e. The molecule has 1 heterocycles. The molecule has 0 atom stereocenters. The summed E-state index contributed by atoms with van der Waals surface area (Å²) < 4.78 is 4.99. The maximum absolute atomic E-state index is 8.93. The van der Waals surface area contributed by atoms with Crippen molar-refractivity contribution < 1.29 is 9.84 Å². The molecule has 0 spiro atoms. The highest BCUT2D eigenvalue weighted by atomic mass is 16.5. The van der Waals surface area contributed by atoms with Gasteiger partial charge in [0, 0.05) is 20.2 Å². The Morgan fingerprint density at radius 3 is 2.87 bits per heavy atom. The van der Waals surface area contributed by atoms with E-state index in [-0.39, 0.29) is 6.61 Å². The first-order chi connectivity index (χ1) is 7.27. The van der Waals surface area contributed by atoms with Crippen molar-refractivity contribution in [3.05, 3.63) is 18.2 Å². The highest BCUT2D eigenvalue weighted by Crippen LogP contribution is 2.11. The highest BCUT2D eigenvalue weighted by Gasteiger charge is 2.06. The van der Waals surface area contributed by atoms with E-state index in [2.05, 4.69) is 4.98 Å². The first-order valence-corrected chi connectivity index (χ1v) is 4.85. The van der Waals surface area contributed by atoms with Crippen molar-refractivity contribution in [2.75, 3.05) is 44.0 Å². The third-order valence-electron chi connectivity index (χ3n) is 2.02. The number of rotatable bonds is 6. The fourth-order valence-corrected chi connectivity index (χ4v) is 1.28. The van der Waals surface area contributed by atoms with Gasteiger partial charge in [0.2, 0.25) is 0 Å². The molecule has 0 aliphatic heterocycles. The van der Waals surface area contributed by atoms with Crippen molar-refractivity contribution >= 4 is 11.6 Å². The molecule has 5 heteroatoms. The largest absolute Gasteiger partial charge is 0.395 e. The zero-order valence-electron chi connectivity index (χ0n) is 8.89. The number of anilines is 2. The van der Waals surface area contributed by atoms with Crippen LogP contribution in [0, 0.1) is 0 Å². The molecule has 0 fully saturated rings. The molecular formula is C10H17N3O2. The molecule has 0 aliphatic rings. The van der Waals surface area contributed by atoms with Crippen LogP contribution in [0.2, 0.25) is 0 Å². The summed E-state index contributed by atoms with van der Waals surface area (Å²) in [6.45, 7) is 1.89. The number of aliphatic hydroxyl groups excluding tert-OH is 1. The van der Waals surface area contributed by atoms with Gasteiger partial charge in [-0.25, -0.2) is 4.98 Å². The molecule has 0 saturated carbocycles. The second-order valence-corrected chi connectivity index (χ2v) is 3.12. The first-order valence-electron chi connectivity index (χ1n) is 4.85. The van der Waals surface area contributed by atoms with Crippen LogP contribution < -0.4 is 10.6 Å². The lowest BCUT2D eigenvalue weighted by atomic mass is 10.4. The minimum absolute atomic E-state index is 0.0835. The van der Waals surface area contributed by atoms with Gasteiger partial charge in [-0.3, -0.25) is 0 Å². The number of aromatic nitrogens is 1.